The summed E-state index contributed by atoms with van der Waals surface area (Å²) in [5.74, 6) is 1.51. The van der Waals surface area contributed by atoms with Crippen LogP contribution < -0.4 is 4.90 Å². The van der Waals surface area contributed by atoms with Crippen LogP contribution in [-0.4, -0.2) is 17.6 Å². The van der Waals surface area contributed by atoms with Gasteiger partial charge in [0, 0.05) is 12.6 Å². The van der Waals surface area contributed by atoms with Gasteiger partial charge in [0.25, 0.3) is 0 Å². The molecule has 0 radical (unpaired) electrons. The Morgan fingerprint density at radius 2 is 2.13 bits per heavy atom. The minimum absolute atomic E-state index is 0.475. The Bertz CT molecular complexity index is 299. The first-order chi connectivity index (χ1) is 7.19. The van der Waals surface area contributed by atoms with E-state index in [2.05, 4.69) is 30.7 Å². The second kappa shape index (κ2) is 5.96. The van der Waals surface area contributed by atoms with Gasteiger partial charge in [-0.15, -0.1) is 11.6 Å². The van der Waals surface area contributed by atoms with E-state index >= 15 is 0 Å². The number of halogens is 1. The number of aromatic nitrogens is 1. The molecule has 0 aliphatic carbocycles. The van der Waals surface area contributed by atoms with Crippen molar-refractivity contribution in [3.05, 3.63) is 23.9 Å². The Labute approximate surface area is 97.3 Å². The van der Waals surface area contributed by atoms with E-state index in [-0.39, 0.29) is 0 Å². The molecule has 0 amide bonds. The molecule has 0 unspecified atom stereocenters. The molecule has 1 heterocycles. The van der Waals surface area contributed by atoms with Crippen LogP contribution >= 0.6 is 11.6 Å². The maximum Gasteiger partial charge on any atom is 0.129 e. The van der Waals surface area contributed by atoms with Gasteiger partial charge in [0.1, 0.15) is 5.82 Å². The van der Waals surface area contributed by atoms with Gasteiger partial charge in [0.15, 0.2) is 0 Å². The molecule has 0 spiro atoms. The molecular formula is C12H19ClN2. The van der Waals surface area contributed by atoms with Gasteiger partial charge in [0.2, 0.25) is 0 Å². The number of anilines is 1. The van der Waals surface area contributed by atoms with E-state index in [0.717, 1.165) is 24.5 Å². The number of nitrogens with zero attached hydrogens (tertiary/aromatic N) is 2. The van der Waals surface area contributed by atoms with E-state index in [1.165, 1.54) is 0 Å². The summed E-state index contributed by atoms with van der Waals surface area (Å²) in [6.07, 6.45) is 1.13. The Balaban J connectivity index is 2.89. The van der Waals surface area contributed by atoms with Gasteiger partial charge in [0.05, 0.1) is 11.6 Å². The van der Waals surface area contributed by atoms with Gasteiger partial charge in [-0.2, -0.15) is 0 Å². The highest BCUT2D eigenvalue weighted by Gasteiger charge is 2.10. The highest BCUT2D eigenvalue weighted by molar-refractivity contribution is 6.16. The highest BCUT2D eigenvalue weighted by atomic mass is 35.5. The summed E-state index contributed by atoms with van der Waals surface area (Å²) in [5.41, 5.74) is 0.941. The van der Waals surface area contributed by atoms with Crippen LogP contribution in [0.3, 0.4) is 0 Å². The highest BCUT2D eigenvalue weighted by Crippen LogP contribution is 2.15. The van der Waals surface area contributed by atoms with Crippen molar-refractivity contribution in [2.24, 2.45) is 0 Å². The van der Waals surface area contributed by atoms with Crippen LogP contribution in [0.15, 0.2) is 18.2 Å². The smallest absolute Gasteiger partial charge is 0.129 e. The van der Waals surface area contributed by atoms with Gasteiger partial charge in [-0.25, -0.2) is 4.98 Å². The molecule has 0 aliphatic heterocycles. The van der Waals surface area contributed by atoms with Gasteiger partial charge in [-0.3, -0.25) is 0 Å². The fourth-order valence-electron chi connectivity index (χ4n) is 1.58. The molecule has 0 atom stereocenters. The van der Waals surface area contributed by atoms with E-state index in [9.17, 15) is 0 Å². The summed E-state index contributed by atoms with van der Waals surface area (Å²) in [5, 5.41) is 0. The molecule has 0 aromatic carbocycles. The van der Waals surface area contributed by atoms with E-state index in [1.807, 2.05) is 18.2 Å². The van der Waals surface area contributed by atoms with Crippen molar-refractivity contribution in [1.82, 2.24) is 4.98 Å². The Hall–Kier alpha value is -0.760. The van der Waals surface area contributed by atoms with Crippen LogP contribution in [0.1, 0.15) is 32.9 Å². The van der Waals surface area contributed by atoms with Gasteiger partial charge in [-0.1, -0.05) is 13.0 Å². The summed E-state index contributed by atoms with van der Waals surface area (Å²) in [6.45, 7) is 7.59. The maximum absolute atomic E-state index is 5.78. The molecule has 0 saturated carbocycles. The number of hydrogen-bond donors (Lipinski definition) is 0. The molecule has 0 saturated heterocycles. The van der Waals surface area contributed by atoms with Crippen LogP contribution in [-0.2, 0) is 5.88 Å². The molecule has 2 nitrogen and oxygen atoms in total. The lowest BCUT2D eigenvalue weighted by Gasteiger charge is -2.27. The van der Waals surface area contributed by atoms with Crippen molar-refractivity contribution in [2.45, 2.75) is 39.1 Å². The third-order valence-electron chi connectivity index (χ3n) is 2.31. The molecular weight excluding hydrogens is 208 g/mol. The lowest BCUT2D eigenvalue weighted by Crippen LogP contribution is -2.32. The second-order valence-electron chi connectivity index (χ2n) is 3.91. The average molecular weight is 227 g/mol. The van der Waals surface area contributed by atoms with E-state index in [0.29, 0.717) is 11.9 Å². The minimum Gasteiger partial charge on any atom is -0.354 e. The molecule has 3 heteroatoms. The zero-order valence-corrected chi connectivity index (χ0v) is 10.5. The second-order valence-corrected chi connectivity index (χ2v) is 4.18. The topological polar surface area (TPSA) is 16.1 Å². The largest absolute Gasteiger partial charge is 0.354 e. The molecule has 0 N–H and O–H groups in total. The fourth-order valence-corrected chi connectivity index (χ4v) is 1.73. The molecule has 15 heavy (non-hydrogen) atoms. The van der Waals surface area contributed by atoms with Crippen LogP contribution in [0, 0.1) is 0 Å². The molecule has 1 rings (SSSR count). The predicted molar refractivity (Wildman–Crippen MR) is 66.6 cm³/mol. The van der Waals surface area contributed by atoms with E-state index in [1.54, 1.807) is 0 Å². The van der Waals surface area contributed by atoms with Crippen molar-refractivity contribution < 1.29 is 0 Å². The standard InChI is InChI=1S/C12H19ClN2/c1-4-8-15(10(2)3)12-7-5-6-11(9-13)14-12/h5-7,10H,4,8-9H2,1-3H3. The molecule has 84 valence electrons. The van der Waals surface area contributed by atoms with Crippen LogP contribution in [0.4, 0.5) is 5.82 Å². The van der Waals surface area contributed by atoms with Crippen molar-refractivity contribution >= 4 is 17.4 Å². The van der Waals surface area contributed by atoms with Gasteiger partial charge in [-0.05, 0) is 32.4 Å². The third kappa shape index (κ3) is 3.38. The Kier molecular flexibility index (Phi) is 4.89. The van der Waals surface area contributed by atoms with Crippen LogP contribution in [0.25, 0.3) is 0 Å². The predicted octanol–water partition coefficient (Wildman–Crippen LogP) is 3.45. The number of pyridine rings is 1. The molecule has 1 aromatic rings. The maximum atomic E-state index is 5.78. The SMILES string of the molecule is CCCN(c1cccc(CCl)n1)C(C)C. The first kappa shape index (κ1) is 12.3. The van der Waals surface area contributed by atoms with Crippen molar-refractivity contribution in [1.29, 1.82) is 0 Å². The van der Waals surface area contributed by atoms with Crippen LogP contribution in [0.5, 0.6) is 0 Å². The Morgan fingerprint density at radius 1 is 1.40 bits per heavy atom. The number of rotatable bonds is 5. The Morgan fingerprint density at radius 3 is 2.67 bits per heavy atom. The summed E-state index contributed by atoms with van der Waals surface area (Å²) < 4.78 is 0. The van der Waals surface area contributed by atoms with Crippen molar-refractivity contribution in [3.8, 4) is 0 Å². The summed E-state index contributed by atoms with van der Waals surface area (Å²) in [6, 6.07) is 6.50. The first-order valence-corrected chi connectivity index (χ1v) is 6.01. The third-order valence-corrected chi connectivity index (χ3v) is 2.58. The molecule has 0 bridgehead atoms. The normalized spacial score (nSPS) is 10.7. The lowest BCUT2D eigenvalue weighted by atomic mass is 10.2. The molecule has 1 aromatic heterocycles. The van der Waals surface area contributed by atoms with E-state index in [4.69, 9.17) is 11.6 Å². The summed E-state index contributed by atoms with van der Waals surface area (Å²) >= 11 is 5.78. The van der Waals surface area contributed by atoms with Crippen molar-refractivity contribution in [3.63, 3.8) is 0 Å². The summed E-state index contributed by atoms with van der Waals surface area (Å²) in [7, 11) is 0. The molecule has 0 fully saturated rings. The van der Waals surface area contributed by atoms with Crippen molar-refractivity contribution in [2.75, 3.05) is 11.4 Å². The van der Waals surface area contributed by atoms with E-state index < -0.39 is 0 Å². The number of alkyl halides is 1. The average Bonchev–Trinajstić information content (AvgIpc) is 2.25. The zero-order chi connectivity index (χ0) is 11.3. The van der Waals surface area contributed by atoms with Gasteiger partial charge < -0.3 is 4.90 Å². The quantitative estimate of drug-likeness (QED) is 0.715. The van der Waals surface area contributed by atoms with Crippen LogP contribution in [0.2, 0.25) is 0 Å². The summed E-state index contributed by atoms with van der Waals surface area (Å²) in [4.78, 5) is 6.83. The minimum atomic E-state index is 0.475. The number of hydrogen-bond acceptors (Lipinski definition) is 2. The fraction of sp³-hybridized carbons (Fsp3) is 0.583. The zero-order valence-electron chi connectivity index (χ0n) is 9.70. The first-order valence-electron chi connectivity index (χ1n) is 5.47. The molecule has 0 aliphatic rings. The lowest BCUT2D eigenvalue weighted by molar-refractivity contribution is 0.661. The monoisotopic (exact) mass is 226 g/mol. The van der Waals surface area contributed by atoms with Gasteiger partial charge >= 0.3 is 0 Å².